The highest BCUT2D eigenvalue weighted by Crippen LogP contribution is 2.17. The van der Waals surface area contributed by atoms with Crippen LogP contribution in [0.3, 0.4) is 0 Å². The lowest BCUT2D eigenvalue weighted by Crippen LogP contribution is -2.10. The molecule has 0 atom stereocenters. The lowest BCUT2D eigenvalue weighted by Gasteiger charge is -2.07. The molecule has 0 bridgehead atoms. The van der Waals surface area contributed by atoms with E-state index in [4.69, 9.17) is 0 Å². The molecule has 3 rings (SSSR count). The number of amides is 1. The molecule has 6 nitrogen and oxygen atoms in total. The fourth-order valence-electron chi connectivity index (χ4n) is 2.31. The van der Waals surface area contributed by atoms with Crippen molar-refractivity contribution >= 4 is 34.5 Å². The number of nitrogens with one attached hydrogen (secondary N) is 2. The lowest BCUT2D eigenvalue weighted by atomic mass is 10.1. The summed E-state index contributed by atoms with van der Waals surface area (Å²) in [5, 5.41) is 6.92. The fraction of sp³-hybridized carbons (Fsp3) is 0.294. The second kappa shape index (κ2) is 7.92. The maximum absolute atomic E-state index is 11.1. The summed E-state index contributed by atoms with van der Waals surface area (Å²) in [4.78, 5) is 23.8. The predicted octanol–water partition coefficient (Wildman–Crippen LogP) is 2.73. The molecule has 24 heavy (non-hydrogen) atoms. The number of aryl methyl sites for hydroxylation is 2. The minimum atomic E-state index is -0.166. The standard InChI is InChI=1S/C17H19N5OS/c1-12(23)20-16-18-9-8-15(21-16)7-4-13-2-5-14(6-3-13)22-17-19-10-11-24-17/h2-3,5-6,8-9H,4,7,10-11H2,1H3,(H,19,22)(H,18,20,21,23). The van der Waals surface area contributed by atoms with Gasteiger partial charge in [-0.05, 0) is 36.6 Å². The van der Waals surface area contributed by atoms with E-state index in [2.05, 4.69) is 49.9 Å². The van der Waals surface area contributed by atoms with Gasteiger partial charge < -0.3 is 5.32 Å². The van der Waals surface area contributed by atoms with Crippen molar-refractivity contribution in [1.29, 1.82) is 0 Å². The monoisotopic (exact) mass is 341 g/mol. The third-order valence-electron chi connectivity index (χ3n) is 3.46. The van der Waals surface area contributed by atoms with E-state index in [9.17, 15) is 4.79 Å². The Bertz CT molecular complexity index is 745. The first-order valence-electron chi connectivity index (χ1n) is 7.82. The van der Waals surface area contributed by atoms with Crippen LogP contribution in [-0.4, -0.2) is 33.3 Å². The van der Waals surface area contributed by atoms with E-state index >= 15 is 0 Å². The first-order valence-corrected chi connectivity index (χ1v) is 8.80. The molecule has 0 spiro atoms. The number of amidine groups is 1. The number of carbonyl (C=O) groups is 1. The Morgan fingerprint density at radius 1 is 1.21 bits per heavy atom. The number of carbonyl (C=O) groups excluding carboxylic acids is 1. The minimum absolute atomic E-state index is 0.166. The highest BCUT2D eigenvalue weighted by Gasteiger charge is 2.07. The van der Waals surface area contributed by atoms with Crippen LogP contribution in [0.25, 0.3) is 0 Å². The third-order valence-corrected chi connectivity index (χ3v) is 4.35. The summed E-state index contributed by atoms with van der Waals surface area (Å²) in [7, 11) is 0. The molecule has 1 aliphatic heterocycles. The normalized spacial score (nSPS) is 13.5. The van der Waals surface area contributed by atoms with Crippen LogP contribution < -0.4 is 10.6 Å². The molecule has 0 radical (unpaired) electrons. The average molecular weight is 341 g/mol. The fourth-order valence-corrected chi connectivity index (χ4v) is 3.06. The molecule has 1 aliphatic rings. The van der Waals surface area contributed by atoms with E-state index in [-0.39, 0.29) is 5.91 Å². The van der Waals surface area contributed by atoms with Gasteiger partial charge in [0.25, 0.3) is 0 Å². The van der Waals surface area contributed by atoms with Gasteiger partial charge in [-0.15, -0.1) is 0 Å². The van der Waals surface area contributed by atoms with Gasteiger partial charge in [-0.2, -0.15) is 0 Å². The van der Waals surface area contributed by atoms with Gasteiger partial charge in [0.2, 0.25) is 11.9 Å². The van der Waals surface area contributed by atoms with Crippen LogP contribution in [-0.2, 0) is 17.6 Å². The van der Waals surface area contributed by atoms with E-state index in [1.165, 1.54) is 12.5 Å². The van der Waals surface area contributed by atoms with Crippen molar-refractivity contribution in [3.8, 4) is 0 Å². The number of thioether (sulfide) groups is 1. The highest BCUT2D eigenvalue weighted by molar-refractivity contribution is 8.14. The number of hydrogen-bond acceptors (Lipinski definition) is 6. The maximum Gasteiger partial charge on any atom is 0.229 e. The van der Waals surface area contributed by atoms with Crippen molar-refractivity contribution < 1.29 is 4.79 Å². The molecule has 0 unspecified atom stereocenters. The van der Waals surface area contributed by atoms with Crippen LogP contribution in [0.15, 0.2) is 41.5 Å². The van der Waals surface area contributed by atoms with E-state index < -0.39 is 0 Å². The molecule has 1 aromatic heterocycles. The molecule has 1 amide bonds. The number of anilines is 2. The topological polar surface area (TPSA) is 79.3 Å². The van der Waals surface area contributed by atoms with Crippen molar-refractivity contribution in [2.24, 2.45) is 4.99 Å². The van der Waals surface area contributed by atoms with Gasteiger partial charge in [0, 0.05) is 30.3 Å². The van der Waals surface area contributed by atoms with Crippen LogP contribution in [0.5, 0.6) is 0 Å². The Labute approximate surface area is 145 Å². The number of nitrogens with zero attached hydrogens (tertiary/aromatic N) is 3. The Morgan fingerprint density at radius 2 is 2.04 bits per heavy atom. The van der Waals surface area contributed by atoms with Gasteiger partial charge in [-0.25, -0.2) is 9.97 Å². The lowest BCUT2D eigenvalue weighted by molar-refractivity contribution is -0.114. The second-order valence-corrected chi connectivity index (χ2v) is 6.49. The summed E-state index contributed by atoms with van der Waals surface area (Å²) >= 11 is 1.75. The Hall–Kier alpha value is -2.41. The zero-order chi connectivity index (χ0) is 16.8. The van der Waals surface area contributed by atoms with Gasteiger partial charge in [0.1, 0.15) is 0 Å². The number of rotatable bonds is 5. The van der Waals surface area contributed by atoms with E-state index in [1.807, 2.05) is 6.07 Å². The van der Waals surface area contributed by atoms with Crippen molar-refractivity contribution in [2.75, 3.05) is 22.9 Å². The highest BCUT2D eigenvalue weighted by atomic mass is 32.2. The zero-order valence-corrected chi connectivity index (χ0v) is 14.3. The number of benzene rings is 1. The summed E-state index contributed by atoms with van der Waals surface area (Å²) in [5.74, 6) is 1.24. The minimum Gasteiger partial charge on any atom is -0.335 e. The van der Waals surface area contributed by atoms with Crippen molar-refractivity contribution in [3.05, 3.63) is 47.8 Å². The van der Waals surface area contributed by atoms with E-state index in [0.717, 1.165) is 41.7 Å². The van der Waals surface area contributed by atoms with Crippen molar-refractivity contribution in [2.45, 2.75) is 19.8 Å². The third kappa shape index (κ3) is 4.79. The Balaban J connectivity index is 1.55. The molecule has 2 N–H and O–H groups in total. The Morgan fingerprint density at radius 3 is 2.75 bits per heavy atom. The number of aliphatic imine (C=N–C) groups is 1. The van der Waals surface area contributed by atoms with Crippen molar-refractivity contribution in [3.63, 3.8) is 0 Å². The van der Waals surface area contributed by atoms with Crippen LogP contribution in [0, 0.1) is 0 Å². The van der Waals surface area contributed by atoms with Crippen LogP contribution >= 0.6 is 11.8 Å². The SMILES string of the molecule is CC(=O)Nc1nccc(CCc2ccc(NC3=NCCS3)cc2)n1. The zero-order valence-electron chi connectivity index (χ0n) is 13.5. The van der Waals surface area contributed by atoms with Gasteiger partial charge in [0.05, 0.1) is 6.54 Å². The summed E-state index contributed by atoms with van der Waals surface area (Å²) in [5.41, 5.74) is 3.20. The van der Waals surface area contributed by atoms with Gasteiger partial charge in [0.15, 0.2) is 5.17 Å². The molecule has 1 aromatic carbocycles. The smallest absolute Gasteiger partial charge is 0.229 e. The molecule has 0 saturated heterocycles. The van der Waals surface area contributed by atoms with Gasteiger partial charge in [-0.1, -0.05) is 23.9 Å². The second-order valence-electron chi connectivity index (χ2n) is 5.41. The van der Waals surface area contributed by atoms with Crippen LogP contribution in [0.2, 0.25) is 0 Å². The van der Waals surface area contributed by atoms with Crippen LogP contribution in [0.4, 0.5) is 11.6 Å². The number of hydrogen-bond donors (Lipinski definition) is 2. The first-order chi connectivity index (χ1) is 11.7. The summed E-state index contributed by atoms with van der Waals surface area (Å²) in [6.07, 6.45) is 3.34. The molecule has 2 aromatic rings. The molecular weight excluding hydrogens is 322 g/mol. The quantitative estimate of drug-likeness (QED) is 0.874. The molecular formula is C17H19N5OS. The van der Waals surface area contributed by atoms with E-state index in [1.54, 1.807) is 18.0 Å². The first kappa shape index (κ1) is 16.4. The molecule has 0 aliphatic carbocycles. The summed E-state index contributed by atoms with van der Waals surface area (Å²) in [6, 6.07) is 10.2. The van der Waals surface area contributed by atoms with Crippen molar-refractivity contribution in [1.82, 2.24) is 9.97 Å². The molecule has 124 valence electrons. The largest absolute Gasteiger partial charge is 0.335 e. The maximum atomic E-state index is 11.1. The summed E-state index contributed by atoms with van der Waals surface area (Å²) < 4.78 is 0. The van der Waals surface area contributed by atoms with E-state index in [0.29, 0.717) is 5.95 Å². The molecule has 7 heteroatoms. The average Bonchev–Trinajstić information content (AvgIpc) is 3.07. The van der Waals surface area contributed by atoms with Crippen LogP contribution in [0.1, 0.15) is 18.2 Å². The predicted molar refractivity (Wildman–Crippen MR) is 98.6 cm³/mol. The molecule has 2 heterocycles. The molecule has 0 fully saturated rings. The van der Waals surface area contributed by atoms with Gasteiger partial charge in [-0.3, -0.25) is 15.1 Å². The Kier molecular flexibility index (Phi) is 5.43. The van der Waals surface area contributed by atoms with Gasteiger partial charge >= 0.3 is 0 Å². The number of aromatic nitrogens is 2. The molecule has 0 saturated carbocycles. The summed E-state index contributed by atoms with van der Waals surface area (Å²) in [6.45, 7) is 2.34.